The molecular formula is C14H14N2O3S. The minimum Gasteiger partial charge on any atom is -0.478 e. The number of hydrogen-bond acceptors (Lipinski definition) is 4. The van der Waals surface area contributed by atoms with Crippen molar-refractivity contribution in [3.63, 3.8) is 0 Å². The van der Waals surface area contributed by atoms with Crippen molar-refractivity contribution >= 4 is 23.4 Å². The van der Waals surface area contributed by atoms with Gasteiger partial charge in [-0.05, 0) is 43.0 Å². The van der Waals surface area contributed by atoms with Crippen molar-refractivity contribution < 1.29 is 9.90 Å². The Kier molecular flexibility index (Phi) is 4.14. The predicted molar refractivity (Wildman–Crippen MR) is 78.1 cm³/mol. The number of aliphatic carboxylic acids is 1. The van der Waals surface area contributed by atoms with Gasteiger partial charge in [-0.25, -0.2) is 9.59 Å². The van der Waals surface area contributed by atoms with E-state index in [9.17, 15) is 9.59 Å². The number of hydrogen-bond donors (Lipinski definition) is 1. The highest BCUT2D eigenvalue weighted by molar-refractivity contribution is 7.10. The van der Waals surface area contributed by atoms with Crippen LogP contribution in [0.1, 0.15) is 21.8 Å². The molecule has 0 amide bonds. The number of aryl methyl sites for hydroxylation is 2. The SMILES string of the molecule is Cc1cc(C)n(Cc2cc(C=CC(=O)O)cs2)c(=O)n1. The van der Waals surface area contributed by atoms with E-state index in [0.29, 0.717) is 12.2 Å². The fraction of sp³-hybridized carbons (Fsp3) is 0.214. The topological polar surface area (TPSA) is 72.2 Å². The Balaban J connectivity index is 2.23. The first-order valence-electron chi connectivity index (χ1n) is 5.99. The van der Waals surface area contributed by atoms with E-state index < -0.39 is 5.97 Å². The minimum absolute atomic E-state index is 0.265. The summed E-state index contributed by atoms with van der Waals surface area (Å²) in [7, 11) is 0. The summed E-state index contributed by atoms with van der Waals surface area (Å²) in [5, 5.41) is 10.4. The number of carboxylic acid groups (broad SMARTS) is 1. The van der Waals surface area contributed by atoms with E-state index in [1.54, 1.807) is 11.5 Å². The van der Waals surface area contributed by atoms with Crippen LogP contribution in [0, 0.1) is 13.8 Å². The van der Waals surface area contributed by atoms with E-state index >= 15 is 0 Å². The lowest BCUT2D eigenvalue weighted by atomic mass is 10.2. The molecule has 20 heavy (non-hydrogen) atoms. The summed E-state index contributed by atoms with van der Waals surface area (Å²) in [6.07, 6.45) is 2.63. The van der Waals surface area contributed by atoms with Crippen LogP contribution in [0.2, 0.25) is 0 Å². The lowest BCUT2D eigenvalue weighted by Crippen LogP contribution is -2.25. The van der Waals surface area contributed by atoms with E-state index in [-0.39, 0.29) is 5.69 Å². The Morgan fingerprint density at radius 2 is 2.20 bits per heavy atom. The van der Waals surface area contributed by atoms with Gasteiger partial charge in [0.25, 0.3) is 0 Å². The molecule has 0 spiro atoms. The van der Waals surface area contributed by atoms with Crippen molar-refractivity contribution in [1.29, 1.82) is 0 Å². The molecule has 2 rings (SSSR count). The number of carboxylic acids is 1. The Morgan fingerprint density at radius 1 is 1.45 bits per heavy atom. The average molecular weight is 290 g/mol. The van der Waals surface area contributed by atoms with Gasteiger partial charge in [-0.1, -0.05) is 0 Å². The normalized spacial score (nSPS) is 11.1. The molecular weight excluding hydrogens is 276 g/mol. The minimum atomic E-state index is -0.979. The van der Waals surface area contributed by atoms with Crippen molar-refractivity contribution in [2.75, 3.05) is 0 Å². The molecule has 2 heterocycles. The maximum absolute atomic E-state index is 11.9. The van der Waals surface area contributed by atoms with Crippen molar-refractivity contribution in [3.05, 3.63) is 55.9 Å². The standard InChI is InChI=1S/C14H14N2O3S/c1-9-5-10(2)16(14(19)15-9)7-12-6-11(8-20-12)3-4-13(17)18/h3-6,8H,7H2,1-2H3,(H,17,18). The largest absolute Gasteiger partial charge is 0.478 e. The van der Waals surface area contributed by atoms with Gasteiger partial charge in [0.05, 0.1) is 6.54 Å². The highest BCUT2D eigenvalue weighted by atomic mass is 32.1. The van der Waals surface area contributed by atoms with Gasteiger partial charge in [-0.2, -0.15) is 4.98 Å². The van der Waals surface area contributed by atoms with E-state index in [0.717, 1.165) is 22.2 Å². The number of aromatic nitrogens is 2. The zero-order valence-corrected chi connectivity index (χ0v) is 12.0. The number of rotatable bonds is 4. The zero-order valence-electron chi connectivity index (χ0n) is 11.2. The third kappa shape index (κ3) is 3.42. The van der Waals surface area contributed by atoms with Crippen LogP contribution in [0.25, 0.3) is 6.08 Å². The third-order valence-corrected chi connectivity index (χ3v) is 3.69. The Bertz CT molecular complexity index is 728. The van der Waals surface area contributed by atoms with Crippen molar-refractivity contribution in [1.82, 2.24) is 9.55 Å². The molecule has 0 aromatic carbocycles. The quantitative estimate of drug-likeness (QED) is 0.875. The first-order chi connectivity index (χ1) is 9.45. The summed E-state index contributed by atoms with van der Waals surface area (Å²) in [5.74, 6) is -0.979. The first kappa shape index (κ1) is 14.2. The zero-order chi connectivity index (χ0) is 14.7. The predicted octanol–water partition coefficient (Wildman–Crippen LogP) is 2.07. The monoisotopic (exact) mass is 290 g/mol. The summed E-state index contributed by atoms with van der Waals surface area (Å²) in [4.78, 5) is 27.2. The molecule has 0 atom stereocenters. The molecule has 0 fully saturated rings. The van der Waals surface area contributed by atoms with Crippen LogP contribution in [0.5, 0.6) is 0 Å². The Morgan fingerprint density at radius 3 is 2.85 bits per heavy atom. The molecule has 1 N–H and O–H groups in total. The second-order valence-corrected chi connectivity index (χ2v) is 5.42. The summed E-state index contributed by atoms with van der Waals surface area (Å²) in [5.41, 5.74) is 2.12. The van der Waals surface area contributed by atoms with Crippen LogP contribution in [-0.4, -0.2) is 20.6 Å². The maximum atomic E-state index is 11.9. The van der Waals surface area contributed by atoms with Gasteiger partial charge in [0.1, 0.15) is 0 Å². The number of thiophene rings is 1. The lowest BCUT2D eigenvalue weighted by molar-refractivity contribution is -0.131. The lowest BCUT2D eigenvalue weighted by Gasteiger charge is -2.07. The molecule has 0 radical (unpaired) electrons. The molecule has 0 unspecified atom stereocenters. The van der Waals surface area contributed by atoms with E-state index in [4.69, 9.17) is 5.11 Å². The molecule has 0 aliphatic carbocycles. The Labute approximate surface area is 119 Å². The van der Waals surface area contributed by atoms with Gasteiger partial charge in [-0.15, -0.1) is 11.3 Å². The van der Waals surface area contributed by atoms with Crippen LogP contribution in [0.4, 0.5) is 0 Å². The highest BCUT2D eigenvalue weighted by Crippen LogP contribution is 2.17. The molecule has 6 heteroatoms. The van der Waals surface area contributed by atoms with Crippen LogP contribution >= 0.6 is 11.3 Å². The summed E-state index contributed by atoms with van der Waals surface area (Å²) >= 11 is 1.49. The second-order valence-electron chi connectivity index (χ2n) is 4.43. The average Bonchev–Trinajstić information content (AvgIpc) is 2.79. The van der Waals surface area contributed by atoms with E-state index in [1.807, 2.05) is 24.4 Å². The maximum Gasteiger partial charge on any atom is 0.348 e. The van der Waals surface area contributed by atoms with Crippen LogP contribution in [-0.2, 0) is 11.3 Å². The molecule has 0 saturated carbocycles. The smallest absolute Gasteiger partial charge is 0.348 e. The van der Waals surface area contributed by atoms with Gasteiger partial charge >= 0.3 is 11.7 Å². The highest BCUT2D eigenvalue weighted by Gasteiger charge is 2.05. The fourth-order valence-corrected chi connectivity index (χ4v) is 2.70. The molecule has 2 aromatic rings. The van der Waals surface area contributed by atoms with Crippen LogP contribution in [0.3, 0.4) is 0 Å². The number of nitrogens with zero attached hydrogens (tertiary/aromatic N) is 2. The molecule has 5 nitrogen and oxygen atoms in total. The van der Waals surface area contributed by atoms with Crippen molar-refractivity contribution in [3.8, 4) is 0 Å². The molecule has 0 aliphatic heterocycles. The van der Waals surface area contributed by atoms with E-state index in [1.165, 1.54) is 17.4 Å². The van der Waals surface area contributed by atoms with Crippen LogP contribution < -0.4 is 5.69 Å². The molecule has 0 aliphatic rings. The number of carbonyl (C=O) groups is 1. The summed E-state index contributed by atoms with van der Waals surface area (Å²) in [6.45, 7) is 4.11. The summed E-state index contributed by atoms with van der Waals surface area (Å²) < 4.78 is 1.60. The summed E-state index contributed by atoms with van der Waals surface area (Å²) in [6, 6.07) is 3.73. The van der Waals surface area contributed by atoms with Crippen molar-refractivity contribution in [2.24, 2.45) is 0 Å². The van der Waals surface area contributed by atoms with Gasteiger partial charge in [-0.3, -0.25) is 4.57 Å². The second kappa shape index (κ2) is 5.83. The molecule has 2 aromatic heterocycles. The third-order valence-electron chi connectivity index (χ3n) is 2.75. The van der Waals surface area contributed by atoms with Crippen molar-refractivity contribution in [2.45, 2.75) is 20.4 Å². The molecule has 104 valence electrons. The van der Waals surface area contributed by atoms with Gasteiger partial charge in [0.2, 0.25) is 0 Å². The first-order valence-corrected chi connectivity index (χ1v) is 6.87. The van der Waals surface area contributed by atoms with Crippen LogP contribution in [0.15, 0.2) is 28.4 Å². The van der Waals surface area contributed by atoms with E-state index in [2.05, 4.69) is 4.98 Å². The Hall–Kier alpha value is -2.21. The van der Waals surface area contributed by atoms with Gasteiger partial charge < -0.3 is 5.11 Å². The van der Waals surface area contributed by atoms with Gasteiger partial charge in [0, 0.05) is 22.3 Å². The molecule has 0 saturated heterocycles. The molecule has 0 bridgehead atoms. The van der Waals surface area contributed by atoms with Gasteiger partial charge in [0.15, 0.2) is 0 Å². The fourth-order valence-electron chi connectivity index (χ4n) is 1.86.